The first kappa shape index (κ1) is 27.8. The molecule has 0 aliphatic carbocycles. The van der Waals surface area contributed by atoms with Crippen LogP contribution in [0.1, 0.15) is 5.69 Å². The Hall–Kier alpha value is -3.83. The van der Waals surface area contributed by atoms with Crippen LogP contribution in [0.3, 0.4) is 0 Å². The Bertz CT molecular complexity index is 1440. The van der Waals surface area contributed by atoms with E-state index >= 15 is 0 Å². The van der Waals surface area contributed by atoms with Crippen LogP contribution in [0, 0.1) is 6.92 Å². The number of amides is 2. The van der Waals surface area contributed by atoms with Gasteiger partial charge in [-0.15, -0.1) is 6.58 Å². The first-order valence-corrected chi connectivity index (χ1v) is 11.9. The number of nitrogens with one attached hydrogen (secondary N) is 1. The van der Waals surface area contributed by atoms with Crippen molar-refractivity contribution in [2.45, 2.75) is 6.92 Å². The van der Waals surface area contributed by atoms with Crippen molar-refractivity contribution in [3.05, 3.63) is 94.3 Å². The van der Waals surface area contributed by atoms with Gasteiger partial charge in [0, 0.05) is 25.4 Å². The van der Waals surface area contributed by atoms with Gasteiger partial charge in [0.05, 0.1) is 23.4 Å². The summed E-state index contributed by atoms with van der Waals surface area (Å²) in [7, 11) is 3.33. The summed E-state index contributed by atoms with van der Waals surface area (Å²) >= 11 is 1.04. The second kappa shape index (κ2) is 11.9. The van der Waals surface area contributed by atoms with Gasteiger partial charge in [0.2, 0.25) is 5.91 Å². The Morgan fingerprint density at radius 2 is 1.81 bits per heavy atom. The third-order valence-electron chi connectivity index (χ3n) is 5.55. The molecule has 0 atom stereocenters. The van der Waals surface area contributed by atoms with E-state index in [1.807, 2.05) is 30.3 Å². The van der Waals surface area contributed by atoms with Crippen LogP contribution < -0.4 is 32.6 Å². The van der Waals surface area contributed by atoms with Crippen LogP contribution in [-0.4, -0.2) is 44.9 Å². The fourth-order valence-corrected chi connectivity index (χ4v) is 4.60. The van der Waals surface area contributed by atoms with Gasteiger partial charge < -0.3 is 27.0 Å². The molecule has 2 aromatic carbocycles. The lowest BCUT2D eigenvalue weighted by Gasteiger charge is -2.12. The summed E-state index contributed by atoms with van der Waals surface area (Å²) in [4.78, 5) is 45.1. The number of hydrogen-bond acceptors (Lipinski definition) is 6. The van der Waals surface area contributed by atoms with Crippen molar-refractivity contribution in [2.75, 3.05) is 19.0 Å². The number of aliphatic imine (C=N–C) groups is 1. The molecule has 2 heterocycles. The molecule has 3 aromatic rings. The number of nitrogens with zero attached hydrogens (tertiary/aromatic N) is 4. The van der Waals surface area contributed by atoms with E-state index in [0.29, 0.717) is 28.0 Å². The van der Waals surface area contributed by atoms with Crippen molar-refractivity contribution < 1.29 is 31.3 Å². The van der Waals surface area contributed by atoms with Crippen LogP contribution in [0.2, 0.25) is 0 Å². The highest BCUT2D eigenvalue weighted by atomic mass is 79.9. The largest absolute Gasteiger partial charge is 1.00 e. The fourth-order valence-electron chi connectivity index (χ4n) is 3.63. The second-order valence-corrected chi connectivity index (χ2v) is 8.85. The number of para-hydroxylation sites is 1. The van der Waals surface area contributed by atoms with Gasteiger partial charge in [0.15, 0.2) is 10.9 Å². The minimum Gasteiger partial charge on any atom is -1.00 e. The molecule has 0 bridgehead atoms. The van der Waals surface area contributed by atoms with Crippen LogP contribution in [0.15, 0.2) is 88.0 Å². The molecule has 9 nitrogen and oxygen atoms in total. The lowest BCUT2D eigenvalue weighted by molar-refractivity contribution is -0.122. The van der Waals surface area contributed by atoms with E-state index in [0.717, 1.165) is 11.8 Å². The van der Waals surface area contributed by atoms with E-state index in [9.17, 15) is 14.4 Å². The van der Waals surface area contributed by atoms with E-state index in [1.54, 1.807) is 56.1 Å². The maximum atomic E-state index is 13.3. The molecule has 192 valence electrons. The van der Waals surface area contributed by atoms with Crippen molar-refractivity contribution >= 4 is 40.1 Å². The number of rotatable bonds is 7. The molecule has 1 saturated heterocycles. The van der Waals surface area contributed by atoms with E-state index < -0.39 is 5.91 Å². The Kier molecular flexibility index (Phi) is 8.95. The van der Waals surface area contributed by atoms with E-state index in [2.05, 4.69) is 16.9 Å². The number of thioether (sulfide) groups is 1. The second-order valence-electron chi connectivity index (χ2n) is 7.84. The number of benzene rings is 2. The fraction of sp³-hybridized carbons (Fsp3) is 0.154. The number of carbonyl (C=O) groups excluding carboxylic acids is 2. The van der Waals surface area contributed by atoms with Gasteiger partial charge in [-0.05, 0) is 55.1 Å². The predicted octanol–water partition coefficient (Wildman–Crippen LogP) is 0.769. The molecule has 37 heavy (non-hydrogen) atoms. The van der Waals surface area contributed by atoms with Crippen molar-refractivity contribution in [2.24, 2.45) is 12.0 Å². The van der Waals surface area contributed by atoms with E-state index in [-0.39, 0.29) is 45.6 Å². The smallest absolute Gasteiger partial charge is 0.297 e. The molecule has 0 saturated carbocycles. The lowest BCUT2D eigenvalue weighted by atomic mass is 10.3. The minimum absolute atomic E-state index is 0. The number of ether oxygens (including phenoxy) is 1. The van der Waals surface area contributed by atoms with Crippen LogP contribution in [0.25, 0.3) is 5.69 Å². The Labute approximate surface area is 228 Å². The Morgan fingerprint density at radius 3 is 2.43 bits per heavy atom. The van der Waals surface area contributed by atoms with E-state index in [1.165, 1.54) is 15.7 Å². The van der Waals surface area contributed by atoms with Gasteiger partial charge in [0.1, 0.15) is 5.75 Å². The Morgan fingerprint density at radius 1 is 1.14 bits per heavy atom. The third kappa shape index (κ3) is 5.78. The van der Waals surface area contributed by atoms with Gasteiger partial charge >= 0.3 is 0 Å². The average Bonchev–Trinajstić information content (AvgIpc) is 3.27. The van der Waals surface area contributed by atoms with Crippen LogP contribution in [0.4, 0.5) is 11.4 Å². The Balaban J connectivity index is 0.00000380. The molecule has 0 unspecified atom stereocenters. The SMILES string of the molecule is C=CCN1C(=O)/C(=C\C(=O)Nc2ccc(OC)cc2)SC1=Nc1c(C)n(C)n(-c2ccccc2)c1=O.[Br-]. The summed E-state index contributed by atoms with van der Waals surface area (Å²) in [6.45, 7) is 5.68. The van der Waals surface area contributed by atoms with Gasteiger partial charge in [0.25, 0.3) is 11.5 Å². The molecule has 2 amide bonds. The molecule has 1 N–H and O–H groups in total. The number of halogens is 1. The van der Waals surface area contributed by atoms with Crippen molar-refractivity contribution in [1.29, 1.82) is 0 Å². The molecule has 1 fully saturated rings. The minimum atomic E-state index is -0.460. The molecule has 1 aromatic heterocycles. The molecular formula is C26H25BrN5O4S-. The lowest BCUT2D eigenvalue weighted by Crippen LogP contribution is -3.00. The van der Waals surface area contributed by atoms with Gasteiger partial charge in [-0.2, -0.15) is 0 Å². The summed E-state index contributed by atoms with van der Waals surface area (Å²) in [5.74, 6) is -0.185. The zero-order chi connectivity index (χ0) is 25.8. The summed E-state index contributed by atoms with van der Waals surface area (Å²) in [6.07, 6.45) is 2.80. The number of hydrogen-bond donors (Lipinski definition) is 1. The van der Waals surface area contributed by atoms with Crippen molar-refractivity contribution in [1.82, 2.24) is 14.3 Å². The quantitative estimate of drug-likeness (QED) is 0.328. The third-order valence-corrected chi connectivity index (χ3v) is 6.56. The van der Waals surface area contributed by atoms with Crippen LogP contribution in [0.5, 0.6) is 5.75 Å². The average molecular weight is 583 g/mol. The number of carbonyl (C=O) groups is 2. The summed E-state index contributed by atoms with van der Waals surface area (Å²) in [5, 5.41) is 3.03. The van der Waals surface area contributed by atoms with Crippen LogP contribution >= 0.6 is 11.8 Å². The number of aromatic nitrogens is 2. The van der Waals surface area contributed by atoms with E-state index in [4.69, 9.17) is 4.74 Å². The van der Waals surface area contributed by atoms with Gasteiger partial charge in [-0.1, -0.05) is 24.3 Å². The standard InChI is InChI=1S/C26H25N5O4S.BrH/c1-5-15-30-24(33)21(16-22(32)27-18-11-13-20(35-4)14-12-18)36-26(30)28-23-17(2)29(3)31(25(23)34)19-9-7-6-8-10-19;/h5-14,16H,1,15H2,2-4H3,(H,27,32);1H/p-1/b21-16+,28-26?;. The van der Waals surface area contributed by atoms with Crippen molar-refractivity contribution in [3.63, 3.8) is 0 Å². The number of methoxy groups -OCH3 is 1. The normalized spacial score (nSPS) is 15.1. The maximum Gasteiger partial charge on any atom is 0.297 e. The summed E-state index contributed by atoms with van der Waals surface area (Å²) in [6, 6.07) is 16.1. The highest BCUT2D eigenvalue weighted by Crippen LogP contribution is 2.33. The zero-order valence-electron chi connectivity index (χ0n) is 20.5. The van der Waals surface area contributed by atoms with Crippen molar-refractivity contribution in [3.8, 4) is 11.4 Å². The first-order valence-electron chi connectivity index (χ1n) is 11.0. The highest BCUT2D eigenvalue weighted by Gasteiger charge is 2.34. The first-order chi connectivity index (χ1) is 17.3. The summed E-state index contributed by atoms with van der Waals surface area (Å²) < 4.78 is 8.36. The molecule has 11 heteroatoms. The molecule has 0 spiro atoms. The number of anilines is 1. The number of amidine groups is 1. The monoisotopic (exact) mass is 582 g/mol. The highest BCUT2D eigenvalue weighted by molar-refractivity contribution is 8.18. The topological polar surface area (TPSA) is 97.9 Å². The molecule has 4 rings (SSSR count). The van der Waals surface area contributed by atoms with Gasteiger partial charge in [-0.3, -0.25) is 24.0 Å². The molecular weight excluding hydrogens is 558 g/mol. The molecule has 1 aliphatic rings. The molecule has 1 aliphatic heterocycles. The van der Waals surface area contributed by atoms with Crippen LogP contribution in [-0.2, 0) is 16.6 Å². The van der Waals surface area contributed by atoms with Gasteiger partial charge in [-0.25, -0.2) is 9.67 Å². The maximum absolute atomic E-state index is 13.3. The molecule has 0 radical (unpaired) electrons. The zero-order valence-corrected chi connectivity index (χ0v) is 22.9. The predicted molar refractivity (Wildman–Crippen MR) is 142 cm³/mol. The summed E-state index contributed by atoms with van der Waals surface area (Å²) in [5.41, 5.74) is 1.81.